The number of rotatable bonds is 7. The molecule has 1 aliphatic carbocycles. The van der Waals surface area contributed by atoms with Crippen LogP contribution in [0.4, 0.5) is 0 Å². The maximum Gasteiger partial charge on any atom is 0.247 e. The molecule has 0 bridgehead atoms. The summed E-state index contributed by atoms with van der Waals surface area (Å²) in [5.41, 5.74) is 2.02. The predicted octanol–water partition coefficient (Wildman–Crippen LogP) is 1.72. The summed E-state index contributed by atoms with van der Waals surface area (Å²) in [5, 5.41) is 23.5. The van der Waals surface area contributed by atoms with Crippen molar-refractivity contribution in [1.82, 2.24) is 10.2 Å². The van der Waals surface area contributed by atoms with Gasteiger partial charge in [0.2, 0.25) is 18.6 Å². The molecule has 0 aromatic heterocycles. The minimum absolute atomic E-state index is 0.0924. The second-order valence-corrected chi connectivity index (χ2v) is 9.49. The van der Waals surface area contributed by atoms with E-state index in [1.807, 2.05) is 36.4 Å². The maximum absolute atomic E-state index is 13.4. The van der Waals surface area contributed by atoms with Gasteiger partial charge in [-0.1, -0.05) is 38.1 Å². The van der Waals surface area contributed by atoms with Gasteiger partial charge in [0.1, 0.15) is 18.0 Å². The molecule has 2 heterocycles. The molecule has 3 N–H and O–H groups in total. The van der Waals surface area contributed by atoms with E-state index in [2.05, 4.69) is 5.32 Å². The van der Waals surface area contributed by atoms with Gasteiger partial charge in [0, 0.05) is 30.1 Å². The van der Waals surface area contributed by atoms with E-state index in [9.17, 15) is 19.8 Å². The van der Waals surface area contributed by atoms with Crippen molar-refractivity contribution in [2.24, 2.45) is 5.92 Å². The van der Waals surface area contributed by atoms with E-state index in [-0.39, 0.29) is 44.2 Å². The Kier molecular flexibility index (Phi) is 6.59. The molecule has 2 aromatic rings. The molecule has 0 saturated heterocycles. The highest BCUT2D eigenvalue weighted by Crippen LogP contribution is 2.47. The van der Waals surface area contributed by atoms with Crippen molar-refractivity contribution in [3.63, 3.8) is 0 Å². The van der Waals surface area contributed by atoms with Crippen molar-refractivity contribution in [2.45, 2.75) is 44.6 Å². The zero-order chi connectivity index (χ0) is 25.4. The van der Waals surface area contributed by atoms with Crippen LogP contribution in [0, 0.1) is 5.92 Å². The van der Waals surface area contributed by atoms with Crippen LogP contribution in [0.25, 0.3) is 0 Å². The van der Waals surface area contributed by atoms with Crippen LogP contribution in [0.2, 0.25) is 0 Å². The van der Waals surface area contributed by atoms with Crippen LogP contribution in [-0.4, -0.2) is 65.1 Å². The lowest BCUT2D eigenvalue weighted by atomic mass is 9.77. The molecule has 0 spiro atoms. The Morgan fingerprint density at radius 1 is 1.11 bits per heavy atom. The molecular formula is C27H30N2O7. The Hall–Kier alpha value is -3.56. The van der Waals surface area contributed by atoms with Gasteiger partial charge in [0.05, 0.1) is 18.6 Å². The monoisotopic (exact) mass is 494 g/mol. The molecule has 4 atom stereocenters. The number of hydrogen-bond donors (Lipinski definition) is 3. The number of nitrogens with one attached hydrogen (secondary N) is 1. The van der Waals surface area contributed by atoms with Crippen LogP contribution >= 0.6 is 0 Å². The second kappa shape index (κ2) is 9.83. The first-order valence-electron chi connectivity index (χ1n) is 12.1. The lowest BCUT2D eigenvalue weighted by molar-refractivity contribution is -0.141. The van der Waals surface area contributed by atoms with Gasteiger partial charge < -0.3 is 34.6 Å². The first-order valence-corrected chi connectivity index (χ1v) is 12.1. The van der Waals surface area contributed by atoms with Crippen molar-refractivity contribution in [1.29, 1.82) is 0 Å². The number of nitrogens with zero attached hydrogens (tertiary/aromatic N) is 1. The van der Waals surface area contributed by atoms with Gasteiger partial charge in [0.25, 0.3) is 0 Å². The molecule has 2 aromatic carbocycles. The van der Waals surface area contributed by atoms with Crippen LogP contribution in [-0.2, 0) is 16.1 Å². The third-order valence-corrected chi connectivity index (χ3v) is 6.80. The zero-order valence-corrected chi connectivity index (χ0v) is 20.2. The Labute approximate surface area is 209 Å². The normalized spacial score (nSPS) is 23.4. The Balaban J connectivity index is 1.54. The van der Waals surface area contributed by atoms with Crippen LogP contribution in [0.3, 0.4) is 0 Å². The molecule has 0 saturated carbocycles. The fraction of sp³-hybridized carbons (Fsp3) is 0.407. The average molecular weight is 495 g/mol. The SMILES string of the molecule is CC(C)C(=O)N(Cc1ccc2c(c1)OCO2)C1C=C(C(=O)NCCO)C2c3ccccc3OC2C1O. The largest absolute Gasteiger partial charge is 0.486 e. The van der Waals surface area contributed by atoms with Crippen molar-refractivity contribution < 1.29 is 34.0 Å². The van der Waals surface area contributed by atoms with Crippen LogP contribution < -0.4 is 19.5 Å². The number of benzene rings is 2. The van der Waals surface area contributed by atoms with E-state index in [1.165, 1.54) is 0 Å². The topological polar surface area (TPSA) is 118 Å². The molecular weight excluding hydrogens is 464 g/mol. The molecule has 9 heteroatoms. The zero-order valence-electron chi connectivity index (χ0n) is 20.2. The highest BCUT2D eigenvalue weighted by atomic mass is 16.7. The van der Waals surface area contributed by atoms with E-state index in [1.54, 1.807) is 30.9 Å². The van der Waals surface area contributed by atoms with E-state index in [0.717, 1.165) is 11.1 Å². The van der Waals surface area contributed by atoms with Crippen LogP contribution in [0.15, 0.2) is 54.1 Å². The highest BCUT2D eigenvalue weighted by molar-refractivity contribution is 5.96. The van der Waals surface area contributed by atoms with Crippen molar-refractivity contribution >= 4 is 11.8 Å². The summed E-state index contributed by atoms with van der Waals surface area (Å²) < 4.78 is 17.0. The number of hydrogen-bond acceptors (Lipinski definition) is 7. The van der Waals surface area contributed by atoms with E-state index >= 15 is 0 Å². The molecule has 190 valence electrons. The maximum atomic E-state index is 13.4. The summed E-state index contributed by atoms with van der Waals surface area (Å²) in [7, 11) is 0. The Bertz CT molecular complexity index is 1190. The van der Waals surface area contributed by atoms with Crippen molar-refractivity contribution in [3.05, 3.63) is 65.2 Å². The standard InChI is InChI=1S/C27H30N2O7/c1-15(2)27(33)29(13-16-7-8-21-22(11-16)35-14-34-21)19-12-18(26(32)28-9-10-30)23-17-5-3-4-6-20(17)36-25(23)24(19)31/h3-8,11-12,15,19,23-25,30-31H,9-10,13-14H2,1-2H3,(H,28,32). The van der Waals surface area contributed by atoms with Gasteiger partial charge in [-0.05, 0) is 29.8 Å². The van der Waals surface area contributed by atoms with Gasteiger partial charge in [-0.15, -0.1) is 0 Å². The second-order valence-electron chi connectivity index (χ2n) is 9.49. The number of carbonyl (C=O) groups excluding carboxylic acids is 2. The van der Waals surface area contributed by atoms with E-state index in [0.29, 0.717) is 22.8 Å². The van der Waals surface area contributed by atoms with Crippen LogP contribution in [0.1, 0.15) is 30.9 Å². The Morgan fingerprint density at radius 3 is 2.67 bits per heavy atom. The summed E-state index contributed by atoms with van der Waals surface area (Å²) in [6.07, 6.45) is -0.142. The van der Waals surface area contributed by atoms with E-state index in [4.69, 9.17) is 14.2 Å². The molecule has 4 unspecified atom stereocenters. The fourth-order valence-corrected chi connectivity index (χ4v) is 5.09. The lowest BCUT2D eigenvalue weighted by Crippen LogP contribution is -2.56. The predicted molar refractivity (Wildman–Crippen MR) is 130 cm³/mol. The van der Waals surface area contributed by atoms with Gasteiger partial charge >= 0.3 is 0 Å². The molecule has 5 rings (SSSR count). The quantitative estimate of drug-likeness (QED) is 0.537. The van der Waals surface area contributed by atoms with Crippen molar-refractivity contribution in [3.8, 4) is 17.2 Å². The number of aliphatic hydroxyl groups is 2. The van der Waals surface area contributed by atoms with Gasteiger partial charge in [0.15, 0.2) is 11.5 Å². The minimum Gasteiger partial charge on any atom is -0.486 e. The number of fused-ring (bicyclic) bond motifs is 4. The third kappa shape index (κ3) is 4.29. The average Bonchev–Trinajstić information content (AvgIpc) is 3.50. The van der Waals surface area contributed by atoms with Gasteiger partial charge in [-0.2, -0.15) is 0 Å². The molecule has 9 nitrogen and oxygen atoms in total. The molecule has 36 heavy (non-hydrogen) atoms. The summed E-state index contributed by atoms with van der Waals surface area (Å²) in [5.74, 6) is 0.473. The van der Waals surface area contributed by atoms with Crippen LogP contribution in [0.5, 0.6) is 17.2 Å². The molecule has 2 amide bonds. The van der Waals surface area contributed by atoms with Crippen molar-refractivity contribution in [2.75, 3.05) is 19.9 Å². The Morgan fingerprint density at radius 2 is 1.89 bits per heavy atom. The summed E-state index contributed by atoms with van der Waals surface area (Å²) in [6.45, 7) is 3.83. The number of aliphatic hydroxyl groups excluding tert-OH is 2. The first-order chi connectivity index (χ1) is 17.4. The minimum atomic E-state index is -1.08. The molecule has 0 radical (unpaired) electrons. The van der Waals surface area contributed by atoms with Gasteiger partial charge in [-0.3, -0.25) is 9.59 Å². The molecule has 2 aliphatic heterocycles. The smallest absolute Gasteiger partial charge is 0.247 e. The number of carbonyl (C=O) groups is 2. The first kappa shape index (κ1) is 24.1. The summed E-state index contributed by atoms with van der Waals surface area (Å²) in [6, 6.07) is 12.0. The highest BCUT2D eigenvalue weighted by Gasteiger charge is 2.50. The van der Waals surface area contributed by atoms with Gasteiger partial charge in [-0.25, -0.2) is 0 Å². The molecule has 0 fully saturated rings. The van der Waals surface area contributed by atoms with E-state index < -0.39 is 24.2 Å². The molecule has 3 aliphatic rings. The fourth-order valence-electron chi connectivity index (χ4n) is 5.09. The lowest BCUT2D eigenvalue weighted by Gasteiger charge is -2.41. The number of amides is 2. The number of para-hydroxylation sites is 1. The summed E-state index contributed by atoms with van der Waals surface area (Å²) in [4.78, 5) is 28.2. The third-order valence-electron chi connectivity index (χ3n) is 6.80. The summed E-state index contributed by atoms with van der Waals surface area (Å²) >= 11 is 0. The number of ether oxygens (including phenoxy) is 3.